The van der Waals surface area contributed by atoms with Crippen LogP contribution in [0.4, 0.5) is 0 Å². The van der Waals surface area contributed by atoms with E-state index in [1.807, 2.05) is 36.0 Å². The van der Waals surface area contributed by atoms with Crippen LogP contribution in [-0.2, 0) is 6.54 Å². The molecule has 1 aliphatic rings. The zero-order valence-electron chi connectivity index (χ0n) is 14.0. The summed E-state index contributed by atoms with van der Waals surface area (Å²) in [5.74, 6) is 2.12. The maximum Gasteiger partial charge on any atom is 0.194 e. The number of rotatable bonds is 3. The van der Waals surface area contributed by atoms with E-state index in [-0.39, 0.29) is 28.7 Å². The van der Waals surface area contributed by atoms with Crippen molar-refractivity contribution < 1.29 is 0 Å². The highest BCUT2D eigenvalue weighted by molar-refractivity contribution is 14.0. The number of nitrogens with one attached hydrogen (secondary N) is 1. The van der Waals surface area contributed by atoms with E-state index in [9.17, 15) is 0 Å². The molecule has 0 saturated carbocycles. The quantitative estimate of drug-likeness (QED) is 0.441. The van der Waals surface area contributed by atoms with Crippen molar-refractivity contribution >= 4 is 41.7 Å². The van der Waals surface area contributed by atoms with E-state index < -0.39 is 0 Å². The highest BCUT2D eigenvalue weighted by Crippen LogP contribution is 2.29. The van der Waals surface area contributed by atoms with Crippen LogP contribution in [0.25, 0.3) is 0 Å². The predicted molar refractivity (Wildman–Crippen MR) is 109 cm³/mol. The fraction of sp³-hybridized carbons (Fsp3) is 0.529. The van der Waals surface area contributed by atoms with Crippen LogP contribution in [0.3, 0.4) is 0 Å². The van der Waals surface area contributed by atoms with Crippen molar-refractivity contribution in [2.75, 3.05) is 25.4 Å². The van der Waals surface area contributed by atoms with E-state index in [0.29, 0.717) is 12.1 Å². The number of hydrogen-bond donors (Lipinski definition) is 1. The molecule has 4 nitrogen and oxygen atoms in total. The van der Waals surface area contributed by atoms with E-state index in [4.69, 9.17) is 10.3 Å². The van der Waals surface area contributed by atoms with Crippen molar-refractivity contribution in [2.24, 2.45) is 4.99 Å². The van der Waals surface area contributed by atoms with E-state index in [1.165, 1.54) is 0 Å². The lowest BCUT2D eigenvalue weighted by Gasteiger charge is -2.39. The average Bonchev–Trinajstić information content (AvgIpc) is 2.51. The Bertz CT molecular complexity index is 563. The molecular formula is C17H25IN4S. The Morgan fingerprint density at radius 1 is 1.39 bits per heavy atom. The molecule has 1 N–H and O–H groups in total. The fourth-order valence-corrected chi connectivity index (χ4v) is 3.59. The van der Waals surface area contributed by atoms with Gasteiger partial charge in [-0.15, -0.1) is 24.0 Å². The van der Waals surface area contributed by atoms with Crippen LogP contribution in [0.2, 0.25) is 0 Å². The Labute approximate surface area is 160 Å². The molecule has 0 amide bonds. The van der Waals surface area contributed by atoms with Gasteiger partial charge in [-0.2, -0.15) is 17.0 Å². The smallest absolute Gasteiger partial charge is 0.194 e. The topological polar surface area (TPSA) is 51.4 Å². The lowest BCUT2D eigenvalue weighted by atomic mass is 10.1. The Hall–Kier alpha value is -0.940. The lowest BCUT2D eigenvalue weighted by molar-refractivity contribution is 0.376. The summed E-state index contributed by atoms with van der Waals surface area (Å²) in [6.45, 7) is 10.2. The van der Waals surface area contributed by atoms with Gasteiger partial charge in [0, 0.05) is 30.1 Å². The van der Waals surface area contributed by atoms with Crippen LogP contribution in [0.1, 0.15) is 31.9 Å². The SMILES string of the molecule is CCNC(=NCc1ccc(C#N)cc1)N1CCSC(C)(C)C1.I. The zero-order valence-corrected chi connectivity index (χ0v) is 17.1. The third-order valence-corrected chi connectivity index (χ3v) is 4.85. The average molecular weight is 444 g/mol. The maximum absolute atomic E-state index is 8.84. The van der Waals surface area contributed by atoms with Gasteiger partial charge in [-0.05, 0) is 38.5 Å². The van der Waals surface area contributed by atoms with Gasteiger partial charge in [0.05, 0.1) is 18.2 Å². The third-order valence-electron chi connectivity index (χ3n) is 3.55. The van der Waals surface area contributed by atoms with Crippen molar-refractivity contribution in [3.63, 3.8) is 0 Å². The first-order chi connectivity index (χ1) is 10.5. The standard InChI is InChI=1S/C17H24N4S.HI/c1-4-19-16(21-9-10-22-17(2,3)13-21)20-12-15-7-5-14(11-18)6-8-15;/h5-8H,4,9-10,12-13H2,1-3H3,(H,19,20);1H. The first-order valence-corrected chi connectivity index (χ1v) is 8.69. The van der Waals surface area contributed by atoms with Crippen molar-refractivity contribution in [3.05, 3.63) is 35.4 Å². The number of benzene rings is 1. The molecule has 0 radical (unpaired) electrons. The van der Waals surface area contributed by atoms with Crippen LogP contribution in [0.5, 0.6) is 0 Å². The van der Waals surface area contributed by atoms with Gasteiger partial charge in [0.1, 0.15) is 0 Å². The minimum Gasteiger partial charge on any atom is -0.357 e. The van der Waals surface area contributed by atoms with Crippen molar-refractivity contribution in [3.8, 4) is 6.07 Å². The summed E-state index contributed by atoms with van der Waals surface area (Å²) in [7, 11) is 0. The van der Waals surface area contributed by atoms with Gasteiger partial charge in [-0.3, -0.25) is 0 Å². The summed E-state index contributed by atoms with van der Waals surface area (Å²) >= 11 is 2.02. The summed E-state index contributed by atoms with van der Waals surface area (Å²) in [5.41, 5.74) is 1.81. The summed E-state index contributed by atoms with van der Waals surface area (Å²) in [6.07, 6.45) is 0. The maximum atomic E-state index is 8.84. The number of thioether (sulfide) groups is 1. The molecule has 23 heavy (non-hydrogen) atoms. The van der Waals surface area contributed by atoms with Gasteiger partial charge in [-0.25, -0.2) is 4.99 Å². The molecule has 1 aromatic carbocycles. The van der Waals surface area contributed by atoms with E-state index >= 15 is 0 Å². The van der Waals surface area contributed by atoms with Gasteiger partial charge in [0.25, 0.3) is 0 Å². The molecule has 1 saturated heterocycles. The molecule has 0 spiro atoms. The van der Waals surface area contributed by atoms with Gasteiger partial charge in [-0.1, -0.05) is 12.1 Å². The molecule has 0 aromatic heterocycles. The first-order valence-electron chi connectivity index (χ1n) is 7.70. The van der Waals surface area contributed by atoms with Crippen LogP contribution in [0, 0.1) is 11.3 Å². The predicted octanol–water partition coefficient (Wildman–Crippen LogP) is 3.47. The Balaban J connectivity index is 0.00000264. The monoisotopic (exact) mass is 444 g/mol. The van der Waals surface area contributed by atoms with Crippen LogP contribution < -0.4 is 5.32 Å². The zero-order chi connectivity index (χ0) is 16.0. The number of halogens is 1. The molecule has 126 valence electrons. The minimum atomic E-state index is 0. The molecule has 1 fully saturated rings. The molecule has 1 aliphatic heterocycles. The molecule has 0 atom stereocenters. The summed E-state index contributed by atoms with van der Waals surface area (Å²) < 4.78 is 0.267. The molecule has 2 rings (SSSR count). The van der Waals surface area contributed by atoms with Gasteiger partial charge in [0.15, 0.2) is 5.96 Å². The van der Waals surface area contributed by atoms with E-state index in [1.54, 1.807) is 0 Å². The highest BCUT2D eigenvalue weighted by atomic mass is 127. The molecular weight excluding hydrogens is 419 g/mol. The summed E-state index contributed by atoms with van der Waals surface area (Å²) in [6, 6.07) is 9.78. The molecule has 6 heteroatoms. The second-order valence-electron chi connectivity index (χ2n) is 6.01. The largest absolute Gasteiger partial charge is 0.357 e. The Kier molecular flexibility index (Phi) is 8.20. The minimum absolute atomic E-state index is 0. The first kappa shape index (κ1) is 20.1. The van der Waals surface area contributed by atoms with E-state index in [0.717, 1.165) is 36.9 Å². The lowest BCUT2D eigenvalue weighted by Crippen LogP contribution is -2.50. The fourth-order valence-electron chi connectivity index (χ4n) is 2.47. The third kappa shape index (κ3) is 6.22. The summed E-state index contributed by atoms with van der Waals surface area (Å²) in [4.78, 5) is 7.12. The molecule has 0 bridgehead atoms. The number of nitrogens with zero attached hydrogens (tertiary/aromatic N) is 3. The Morgan fingerprint density at radius 2 is 2.09 bits per heavy atom. The number of nitriles is 1. The van der Waals surface area contributed by atoms with Gasteiger partial charge in [0.2, 0.25) is 0 Å². The Morgan fingerprint density at radius 3 is 2.65 bits per heavy atom. The molecule has 1 aromatic rings. The second kappa shape index (κ2) is 9.38. The van der Waals surface area contributed by atoms with Crippen molar-refractivity contribution in [1.29, 1.82) is 5.26 Å². The van der Waals surface area contributed by atoms with Gasteiger partial charge < -0.3 is 10.2 Å². The van der Waals surface area contributed by atoms with Crippen molar-refractivity contribution in [1.82, 2.24) is 10.2 Å². The highest BCUT2D eigenvalue weighted by Gasteiger charge is 2.28. The number of aliphatic imine (C=N–C) groups is 1. The van der Waals surface area contributed by atoms with Crippen LogP contribution in [-0.4, -0.2) is 41.0 Å². The summed E-state index contributed by atoms with van der Waals surface area (Å²) in [5, 5.41) is 12.2. The number of guanidine groups is 1. The molecule has 0 unspecified atom stereocenters. The van der Waals surface area contributed by atoms with Crippen LogP contribution >= 0.6 is 35.7 Å². The normalized spacial score (nSPS) is 17.1. The van der Waals surface area contributed by atoms with E-state index in [2.05, 4.69) is 37.1 Å². The molecule has 0 aliphatic carbocycles. The van der Waals surface area contributed by atoms with Crippen LogP contribution in [0.15, 0.2) is 29.3 Å². The molecule has 1 heterocycles. The van der Waals surface area contributed by atoms with Gasteiger partial charge >= 0.3 is 0 Å². The second-order valence-corrected chi connectivity index (χ2v) is 7.81. The number of hydrogen-bond acceptors (Lipinski definition) is 3. The van der Waals surface area contributed by atoms with Crippen molar-refractivity contribution in [2.45, 2.75) is 32.1 Å².